The highest BCUT2D eigenvalue weighted by atomic mass is 32.2. The van der Waals surface area contributed by atoms with Crippen LogP contribution in [0, 0.1) is 6.92 Å². The molecule has 1 fully saturated rings. The van der Waals surface area contributed by atoms with Crippen molar-refractivity contribution in [1.29, 1.82) is 0 Å². The van der Waals surface area contributed by atoms with E-state index >= 15 is 0 Å². The molecular weight excluding hydrogens is 436 g/mol. The minimum absolute atomic E-state index is 0.0585. The predicted octanol–water partition coefficient (Wildman–Crippen LogP) is 3.40. The summed E-state index contributed by atoms with van der Waals surface area (Å²) in [4.78, 5) is 11.7. The van der Waals surface area contributed by atoms with Crippen molar-refractivity contribution in [3.63, 3.8) is 0 Å². The molecule has 1 saturated heterocycles. The summed E-state index contributed by atoms with van der Waals surface area (Å²) < 4.78 is 54.3. The van der Waals surface area contributed by atoms with Crippen molar-refractivity contribution in [3.8, 4) is 0 Å². The molecule has 1 aromatic carbocycles. The molecule has 0 spiro atoms. The van der Waals surface area contributed by atoms with Gasteiger partial charge in [-0.1, -0.05) is 44.4 Å². The molecule has 0 radical (unpaired) electrons. The molecule has 182 valence electrons. The van der Waals surface area contributed by atoms with Crippen LogP contribution in [0.2, 0.25) is 0 Å². The van der Waals surface area contributed by atoms with Gasteiger partial charge in [-0.05, 0) is 31.9 Å². The summed E-state index contributed by atoms with van der Waals surface area (Å²) >= 11 is 0. The number of hydrogen-bond donors (Lipinski definition) is 0. The lowest BCUT2D eigenvalue weighted by Crippen LogP contribution is -2.53. The third-order valence-electron chi connectivity index (χ3n) is 5.26. The Balaban J connectivity index is 2.24. The average molecular weight is 473 g/mol. The number of hydrogen-bond acceptors (Lipinski definition) is 8. The number of carbonyl (C=O) groups is 1. The summed E-state index contributed by atoms with van der Waals surface area (Å²) in [5.74, 6) is -0.460. The van der Waals surface area contributed by atoms with Gasteiger partial charge in [-0.15, -0.1) is 0 Å². The van der Waals surface area contributed by atoms with Crippen molar-refractivity contribution in [2.24, 2.45) is 0 Å². The van der Waals surface area contributed by atoms with E-state index < -0.39 is 33.9 Å². The second kappa shape index (κ2) is 12.6. The van der Waals surface area contributed by atoms with Crippen LogP contribution in [0.3, 0.4) is 0 Å². The average Bonchev–Trinajstić information content (AvgIpc) is 3.07. The maximum absolute atomic E-state index is 12.8. The third-order valence-corrected chi connectivity index (χ3v) is 6.54. The Bertz CT molecular complexity index is 808. The molecule has 1 aromatic rings. The number of unbranched alkanes of at least 4 members (excludes halogenated alkanes) is 2. The molecule has 1 aliphatic heterocycles. The molecule has 1 aliphatic rings. The Morgan fingerprint density at radius 2 is 1.75 bits per heavy atom. The molecule has 0 aromatic heterocycles. The van der Waals surface area contributed by atoms with Crippen LogP contribution in [0.25, 0.3) is 0 Å². The molecule has 9 heteroatoms. The first-order chi connectivity index (χ1) is 15.2. The topological polar surface area (TPSA) is 97.4 Å². The van der Waals surface area contributed by atoms with E-state index in [9.17, 15) is 13.2 Å². The van der Waals surface area contributed by atoms with Crippen molar-refractivity contribution >= 4 is 16.1 Å². The highest BCUT2D eigenvalue weighted by Crippen LogP contribution is 2.33. The van der Waals surface area contributed by atoms with Crippen molar-refractivity contribution in [1.82, 2.24) is 0 Å². The van der Waals surface area contributed by atoms with Gasteiger partial charge in [0.05, 0.1) is 18.1 Å². The van der Waals surface area contributed by atoms with Gasteiger partial charge in [0.2, 0.25) is 0 Å². The lowest BCUT2D eigenvalue weighted by molar-refractivity contribution is -0.162. The van der Waals surface area contributed by atoms with E-state index in [0.717, 1.165) is 31.2 Å². The van der Waals surface area contributed by atoms with Gasteiger partial charge in [0, 0.05) is 20.1 Å². The Labute approximate surface area is 191 Å². The zero-order valence-corrected chi connectivity index (χ0v) is 20.3. The van der Waals surface area contributed by atoms with Crippen LogP contribution in [0.5, 0.6) is 0 Å². The second-order valence-corrected chi connectivity index (χ2v) is 9.72. The van der Waals surface area contributed by atoms with E-state index in [-0.39, 0.29) is 24.7 Å². The first-order valence-electron chi connectivity index (χ1n) is 11.2. The fourth-order valence-corrected chi connectivity index (χ4v) is 4.37. The fourth-order valence-electron chi connectivity index (χ4n) is 3.41. The van der Waals surface area contributed by atoms with Crippen LogP contribution in [0.4, 0.5) is 0 Å². The Morgan fingerprint density at radius 3 is 2.38 bits per heavy atom. The first-order valence-corrected chi connectivity index (χ1v) is 12.6. The Morgan fingerprint density at radius 1 is 1.09 bits per heavy atom. The highest BCUT2D eigenvalue weighted by molar-refractivity contribution is 7.86. The van der Waals surface area contributed by atoms with Gasteiger partial charge in [0.25, 0.3) is 10.1 Å². The van der Waals surface area contributed by atoms with Gasteiger partial charge in [0.15, 0.2) is 6.10 Å². The maximum atomic E-state index is 12.8. The van der Waals surface area contributed by atoms with E-state index in [1.807, 2.05) is 13.8 Å². The maximum Gasteiger partial charge on any atom is 0.303 e. The number of benzene rings is 1. The fraction of sp³-hybridized carbons (Fsp3) is 0.696. The lowest BCUT2D eigenvalue weighted by atomic mass is 9.97. The van der Waals surface area contributed by atoms with Crippen molar-refractivity contribution in [2.75, 3.05) is 33.0 Å². The van der Waals surface area contributed by atoms with Crippen molar-refractivity contribution in [2.45, 2.75) is 76.1 Å². The molecule has 0 amide bonds. The summed E-state index contributed by atoms with van der Waals surface area (Å²) in [5.41, 5.74) is -0.281. The molecule has 0 saturated carbocycles. The van der Waals surface area contributed by atoms with E-state index in [1.54, 1.807) is 12.1 Å². The van der Waals surface area contributed by atoms with Crippen LogP contribution >= 0.6 is 0 Å². The van der Waals surface area contributed by atoms with Gasteiger partial charge in [-0.25, -0.2) is 0 Å². The minimum Gasteiger partial charge on any atom is -0.457 e. The standard InChI is InChI=1S/C23H36O8S/c1-5-7-13-27-16-23(17-30-32(25,26)20-11-9-18(3)10-12-20)22(28-14-8-6-2)21(15-29-23)31-19(4)24/h9-12,21-22H,5-8,13-17H2,1-4H3/t21?,22?,23-/m0/s1. The van der Waals surface area contributed by atoms with Crippen LogP contribution < -0.4 is 0 Å². The monoisotopic (exact) mass is 472 g/mol. The zero-order chi connectivity index (χ0) is 23.6. The number of carbonyl (C=O) groups excluding carboxylic acids is 1. The summed E-state index contributed by atoms with van der Waals surface area (Å²) in [5, 5.41) is 0. The van der Waals surface area contributed by atoms with Crippen molar-refractivity contribution < 1.29 is 36.3 Å². The van der Waals surface area contributed by atoms with E-state index in [4.69, 9.17) is 23.1 Å². The minimum atomic E-state index is -4.03. The molecule has 0 bridgehead atoms. The molecule has 2 rings (SSSR count). The largest absolute Gasteiger partial charge is 0.457 e. The third kappa shape index (κ3) is 7.52. The Hall–Kier alpha value is -1.52. The number of rotatable bonds is 14. The summed E-state index contributed by atoms with van der Waals surface area (Å²) in [6.07, 6.45) is 2.15. The van der Waals surface area contributed by atoms with Gasteiger partial charge < -0.3 is 18.9 Å². The SMILES string of the molecule is CCCCOC[C@@]1(COS(=O)(=O)c2ccc(C)cc2)OCC(OC(C)=O)C1OCCCC. The van der Waals surface area contributed by atoms with Gasteiger partial charge in [-0.3, -0.25) is 8.98 Å². The molecular formula is C23H36O8S. The lowest BCUT2D eigenvalue weighted by Gasteiger charge is -2.34. The zero-order valence-electron chi connectivity index (χ0n) is 19.5. The molecule has 2 unspecified atom stereocenters. The van der Waals surface area contributed by atoms with Gasteiger partial charge in [-0.2, -0.15) is 8.42 Å². The molecule has 0 N–H and O–H groups in total. The Kier molecular flexibility index (Phi) is 10.6. The second-order valence-electron chi connectivity index (χ2n) is 8.10. The summed E-state index contributed by atoms with van der Waals surface area (Å²) in [7, 11) is -4.03. The summed E-state index contributed by atoms with van der Waals surface area (Å²) in [6.45, 7) is 8.01. The molecule has 8 nitrogen and oxygen atoms in total. The molecule has 1 heterocycles. The number of esters is 1. The smallest absolute Gasteiger partial charge is 0.303 e. The normalized spacial score (nSPS) is 23.4. The van der Waals surface area contributed by atoms with Gasteiger partial charge in [0.1, 0.15) is 18.3 Å². The predicted molar refractivity (Wildman–Crippen MR) is 119 cm³/mol. The van der Waals surface area contributed by atoms with E-state index in [1.165, 1.54) is 19.1 Å². The van der Waals surface area contributed by atoms with Crippen molar-refractivity contribution in [3.05, 3.63) is 29.8 Å². The number of aryl methyl sites for hydroxylation is 1. The van der Waals surface area contributed by atoms with E-state index in [0.29, 0.717) is 13.2 Å². The van der Waals surface area contributed by atoms with Gasteiger partial charge >= 0.3 is 5.97 Å². The van der Waals surface area contributed by atoms with Crippen LogP contribution in [-0.4, -0.2) is 65.2 Å². The summed E-state index contributed by atoms with van der Waals surface area (Å²) in [6, 6.07) is 6.42. The van der Waals surface area contributed by atoms with Crippen LogP contribution in [0.1, 0.15) is 52.0 Å². The quantitative estimate of drug-likeness (QED) is 0.231. The molecule has 3 atom stereocenters. The van der Waals surface area contributed by atoms with Crippen LogP contribution in [0.15, 0.2) is 29.2 Å². The highest BCUT2D eigenvalue weighted by Gasteiger charge is 2.54. The van der Waals surface area contributed by atoms with Crippen LogP contribution in [-0.2, 0) is 38.0 Å². The first kappa shape index (κ1) is 26.7. The molecule has 32 heavy (non-hydrogen) atoms. The number of ether oxygens (including phenoxy) is 4. The van der Waals surface area contributed by atoms with E-state index in [2.05, 4.69) is 6.92 Å². The molecule has 0 aliphatic carbocycles.